The molecule has 1 aliphatic heterocycles. The van der Waals surface area contributed by atoms with Crippen LogP contribution in [0.25, 0.3) is 0 Å². The number of hydrogen-bond donors (Lipinski definition) is 1. The standard InChI is InChI=1S/C13H24N2O3S2/c1-4-10(8-19-3)14(2)13(18)15-5-6-20-9-11(15)7-12(16)17/h10-11H,4-9H2,1-3H3,(H,16,17). The summed E-state index contributed by atoms with van der Waals surface area (Å²) in [4.78, 5) is 27.1. The highest BCUT2D eigenvalue weighted by atomic mass is 32.2. The van der Waals surface area contributed by atoms with Crippen LogP contribution in [-0.4, -0.2) is 76.1 Å². The molecule has 7 heteroatoms. The van der Waals surface area contributed by atoms with Crippen LogP contribution < -0.4 is 0 Å². The summed E-state index contributed by atoms with van der Waals surface area (Å²) in [6.45, 7) is 2.72. The molecule has 1 fully saturated rings. The lowest BCUT2D eigenvalue weighted by Gasteiger charge is -2.39. The van der Waals surface area contributed by atoms with Gasteiger partial charge in [-0.05, 0) is 12.7 Å². The minimum atomic E-state index is -0.839. The Morgan fingerprint density at radius 2 is 2.25 bits per heavy atom. The molecule has 1 heterocycles. The Labute approximate surface area is 129 Å². The van der Waals surface area contributed by atoms with Crippen molar-refractivity contribution in [1.29, 1.82) is 0 Å². The Balaban J connectivity index is 2.72. The number of carboxylic acid groups (broad SMARTS) is 1. The van der Waals surface area contributed by atoms with Crippen LogP contribution in [0.1, 0.15) is 19.8 Å². The third-order valence-electron chi connectivity index (χ3n) is 3.56. The second-order valence-electron chi connectivity index (χ2n) is 4.93. The molecule has 5 nitrogen and oxygen atoms in total. The third kappa shape index (κ3) is 4.77. The quantitative estimate of drug-likeness (QED) is 0.812. The normalized spacial score (nSPS) is 20.6. The predicted octanol–water partition coefficient (Wildman–Crippen LogP) is 2.07. The number of nitrogens with zero attached hydrogens (tertiary/aromatic N) is 2. The molecule has 0 bridgehead atoms. The minimum absolute atomic E-state index is 0.0301. The number of aliphatic carboxylic acids is 1. The molecule has 0 saturated carbocycles. The van der Waals surface area contributed by atoms with Crippen LogP contribution in [-0.2, 0) is 4.79 Å². The SMILES string of the molecule is CCC(CSC)N(C)C(=O)N1CCSCC1CC(=O)O. The molecule has 1 rings (SSSR count). The number of urea groups is 1. The molecule has 2 atom stereocenters. The Morgan fingerprint density at radius 3 is 2.80 bits per heavy atom. The molecule has 2 amide bonds. The van der Waals surface area contributed by atoms with Gasteiger partial charge in [0.25, 0.3) is 0 Å². The van der Waals surface area contributed by atoms with E-state index < -0.39 is 5.97 Å². The molecular weight excluding hydrogens is 296 g/mol. The van der Waals surface area contributed by atoms with Crippen LogP contribution >= 0.6 is 23.5 Å². The van der Waals surface area contributed by atoms with Crippen molar-refractivity contribution in [2.24, 2.45) is 0 Å². The van der Waals surface area contributed by atoms with Gasteiger partial charge in [-0.2, -0.15) is 23.5 Å². The van der Waals surface area contributed by atoms with Crippen molar-refractivity contribution in [3.05, 3.63) is 0 Å². The fraction of sp³-hybridized carbons (Fsp3) is 0.846. The first-order valence-corrected chi connectivity index (χ1v) is 9.38. The molecule has 20 heavy (non-hydrogen) atoms. The van der Waals surface area contributed by atoms with Crippen LogP contribution in [0.4, 0.5) is 4.79 Å². The van der Waals surface area contributed by atoms with Crippen LogP contribution in [0.3, 0.4) is 0 Å². The molecule has 0 aromatic heterocycles. The fourth-order valence-electron chi connectivity index (χ4n) is 2.33. The van der Waals surface area contributed by atoms with Gasteiger partial charge in [-0.1, -0.05) is 6.92 Å². The van der Waals surface area contributed by atoms with Crippen LogP contribution in [0, 0.1) is 0 Å². The van der Waals surface area contributed by atoms with E-state index in [-0.39, 0.29) is 24.5 Å². The maximum absolute atomic E-state index is 12.6. The summed E-state index contributed by atoms with van der Waals surface area (Å²) in [5.41, 5.74) is 0. The highest BCUT2D eigenvalue weighted by molar-refractivity contribution is 7.99. The summed E-state index contributed by atoms with van der Waals surface area (Å²) >= 11 is 3.45. The van der Waals surface area contributed by atoms with Crippen molar-refractivity contribution in [2.45, 2.75) is 31.8 Å². The summed E-state index contributed by atoms with van der Waals surface area (Å²) in [7, 11) is 1.83. The maximum Gasteiger partial charge on any atom is 0.320 e. The van der Waals surface area contributed by atoms with Crippen molar-refractivity contribution in [3.63, 3.8) is 0 Å². The van der Waals surface area contributed by atoms with Gasteiger partial charge >= 0.3 is 12.0 Å². The van der Waals surface area contributed by atoms with E-state index in [1.165, 1.54) is 0 Å². The first-order valence-electron chi connectivity index (χ1n) is 6.83. The first kappa shape index (κ1) is 17.5. The topological polar surface area (TPSA) is 60.9 Å². The Kier molecular flexibility index (Phi) is 7.58. The van der Waals surface area contributed by atoms with Gasteiger partial charge in [0, 0.05) is 36.9 Å². The lowest BCUT2D eigenvalue weighted by molar-refractivity contribution is -0.138. The van der Waals surface area contributed by atoms with E-state index in [9.17, 15) is 9.59 Å². The Morgan fingerprint density at radius 1 is 1.55 bits per heavy atom. The summed E-state index contributed by atoms with van der Waals surface area (Å²) < 4.78 is 0. The number of carbonyl (C=O) groups excluding carboxylic acids is 1. The van der Waals surface area contributed by atoms with Gasteiger partial charge in [-0.15, -0.1) is 0 Å². The van der Waals surface area contributed by atoms with Crippen molar-refractivity contribution in [3.8, 4) is 0 Å². The second kappa shape index (κ2) is 8.67. The maximum atomic E-state index is 12.6. The van der Waals surface area contributed by atoms with Gasteiger partial charge in [0.15, 0.2) is 0 Å². The summed E-state index contributed by atoms with van der Waals surface area (Å²) in [6.07, 6.45) is 2.98. The van der Waals surface area contributed by atoms with Gasteiger partial charge in [0.1, 0.15) is 0 Å². The molecule has 0 aromatic carbocycles. The van der Waals surface area contributed by atoms with Crippen molar-refractivity contribution in [2.75, 3.05) is 37.1 Å². The largest absolute Gasteiger partial charge is 0.481 e. The highest BCUT2D eigenvalue weighted by Crippen LogP contribution is 2.21. The lowest BCUT2D eigenvalue weighted by atomic mass is 10.2. The molecular formula is C13H24N2O3S2. The van der Waals surface area contributed by atoms with Gasteiger partial charge < -0.3 is 14.9 Å². The fourth-order valence-corrected chi connectivity index (χ4v) is 4.24. The molecule has 0 aromatic rings. The van der Waals surface area contributed by atoms with Gasteiger partial charge in [0.2, 0.25) is 0 Å². The summed E-state index contributed by atoms with van der Waals surface area (Å²) in [5.74, 6) is 1.67. The number of hydrogen-bond acceptors (Lipinski definition) is 4. The first-order chi connectivity index (χ1) is 9.51. The molecule has 2 unspecified atom stereocenters. The monoisotopic (exact) mass is 320 g/mol. The highest BCUT2D eigenvalue weighted by Gasteiger charge is 2.32. The molecule has 0 spiro atoms. The van der Waals surface area contributed by atoms with Gasteiger partial charge in [0.05, 0.1) is 12.5 Å². The lowest BCUT2D eigenvalue weighted by Crippen LogP contribution is -2.54. The van der Waals surface area contributed by atoms with Crippen molar-refractivity contribution < 1.29 is 14.7 Å². The van der Waals surface area contributed by atoms with E-state index in [0.29, 0.717) is 12.3 Å². The zero-order valence-electron chi connectivity index (χ0n) is 12.4. The Bertz CT molecular complexity index is 342. The zero-order valence-corrected chi connectivity index (χ0v) is 14.0. The molecule has 0 radical (unpaired) electrons. The van der Waals surface area contributed by atoms with Crippen molar-refractivity contribution >= 4 is 35.5 Å². The second-order valence-corrected chi connectivity index (χ2v) is 6.99. The molecule has 1 aliphatic rings. The van der Waals surface area contributed by atoms with E-state index in [4.69, 9.17) is 5.11 Å². The average molecular weight is 320 g/mol. The summed E-state index contributed by atoms with van der Waals surface area (Å²) in [6, 6.07) is -0.0111. The average Bonchev–Trinajstić information content (AvgIpc) is 2.43. The van der Waals surface area contributed by atoms with Crippen LogP contribution in [0.2, 0.25) is 0 Å². The smallest absolute Gasteiger partial charge is 0.320 e. The van der Waals surface area contributed by atoms with Crippen LogP contribution in [0.15, 0.2) is 0 Å². The molecule has 1 N–H and O–H groups in total. The van der Waals surface area contributed by atoms with E-state index in [2.05, 4.69) is 6.92 Å². The van der Waals surface area contributed by atoms with Crippen LogP contribution in [0.5, 0.6) is 0 Å². The molecule has 116 valence electrons. The minimum Gasteiger partial charge on any atom is -0.481 e. The molecule has 1 saturated heterocycles. The number of carbonyl (C=O) groups is 2. The molecule has 0 aliphatic carbocycles. The summed E-state index contributed by atoms with van der Waals surface area (Å²) in [5, 5.41) is 8.98. The zero-order chi connectivity index (χ0) is 15.1. The predicted molar refractivity (Wildman–Crippen MR) is 85.7 cm³/mol. The van der Waals surface area contributed by atoms with E-state index >= 15 is 0 Å². The van der Waals surface area contributed by atoms with Crippen molar-refractivity contribution in [1.82, 2.24) is 9.80 Å². The van der Waals surface area contributed by atoms with E-state index in [1.807, 2.05) is 13.3 Å². The number of carboxylic acids is 1. The van der Waals surface area contributed by atoms with E-state index in [1.54, 1.807) is 33.3 Å². The van der Waals surface area contributed by atoms with Gasteiger partial charge in [-0.25, -0.2) is 4.79 Å². The number of amides is 2. The van der Waals surface area contributed by atoms with Gasteiger partial charge in [-0.3, -0.25) is 4.79 Å². The Hall–Kier alpha value is -0.560. The number of rotatable bonds is 6. The van der Waals surface area contributed by atoms with E-state index in [0.717, 1.165) is 17.9 Å². The number of thioether (sulfide) groups is 2. The third-order valence-corrected chi connectivity index (χ3v) is 5.37.